The molecule has 0 aromatic rings. The largest absolute Gasteiger partial charge is 0.465 e. The molecule has 0 spiro atoms. The van der Waals surface area contributed by atoms with Gasteiger partial charge in [0, 0.05) is 0 Å². The topological polar surface area (TPSA) is 60.4 Å². The lowest BCUT2D eigenvalue weighted by Crippen LogP contribution is -2.16. The van der Waals surface area contributed by atoms with Crippen LogP contribution in [0.15, 0.2) is 0 Å². The van der Waals surface area contributed by atoms with Crippen LogP contribution in [0.4, 0.5) is 0 Å². The van der Waals surface area contributed by atoms with Crippen molar-refractivity contribution in [3.63, 3.8) is 0 Å². The van der Waals surface area contributed by atoms with E-state index in [-0.39, 0.29) is 0 Å². The number of rotatable bonds is 13. The molecule has 0 amide bonds. The van der Waals surface area contributed by atoms with Crippen molar-refractivity contribution < 1.29 is 18.7 Å². The molecule has 118 valence electrons. The molecule has 20 heavy (non-hydrogen) atoms. The summed E-state index contributed by atoms with van der Waals surface area (Å²) in [5, 5.41) is 0. The number of carbonyl (C=O) groups is 1. The maximum atomic E-state index is 11.2. The van der Waals surface area contributed by atoms with Gasteiger partial charge in [0.2, 0.25) is 0 Å². The van der Waals surface area contributed by atoms with Crippen molar-refractivity contribution in [3.8, 4) is 0 Å². The molecule has 4 nitrogen and oxygen atoms in total. The van der Waals surface area contributed by atoms with E-state index in [0.717, 1.165) is 19.3 Å². The number of hydrogen-bond donors (Lipinski definition) is 0. The minimum absolute atomic E-state index is 0.336. The summed E-state index contributed by atoms with van der Waals surface area (Å²) in [4.78, 5) is 11.2. The van der Waals surface area contributed by atoms with Gasteiger partial charge in [-0.25, -0.2) is 9.13 Å². The summed E-state index contributed by atoms with van der Waals surface area (Å²) in [7, 11) is -2.71. The normalized spacial score (nSPS) is 12.1. The average Bonchev–Trinajstić information content (AvgIpc) is 2.43. The lowest BCUT2D eigenvalue weighted by atomic mass is 10.1. The number of esters is 1. The van der Waals surface area contributed by atoms with Gasteiger partial charge in [-0.1, -0.05) is 64.7 Å². The summed E-state index contributed by atoms with van der Waals surface area (Å²) in [6, 6.07) is 0. The highest BCUT2D eigenvalue weighted by Gasteiger charge is 2.19. The van der Waals surface area contributed by atoms with Crippen LogP contribution >= 0.6 is 7.68 Å². The summed E-state index contributed by atoms with van der Waals surface area (Å²) in [6.07, 6.45) is 12.2. The Labute approximate surface area is 123 Å². The molecule has 0 aliphatic heterocycles. The first-order chi connectivity index (χ1) is 9.59. The molecule has 5 heteroatoms. The second-order valence-electron chi connectivity index (χ2n) is 5.31. The maximum absolute atomic E-state index is 11.2. The van der Waals surface area contributed by atoms with Crippen molar-refractivity contribution in [1.29, 1.82) is 0 Å². The number of hydrogen-bond acceptors (Lipinski definition) is 4. The Morgan fingerprint density at radius 1 is 0.900 bits per heavy atom. The molecule has 0 rings (SSSR count). The molecule has 0 radical (unpaired) electrons. The van der Waals surface area contributed by atoms with E-state index in [0.29, 0.717) is 6.61 Å². The number of unbranched alkanes of at least 4 members (excludes halogenated alkanes) is 9. The first kappa shape index (κ1) is 19.4. The van der Waals surface area contributed by atoms with Crippen LogP contribution in [0.3, 0.4) is 0 Å². The molecule has 0 aromatic heterocycles. The zero-order chi connectivity index (χ0) is 15.2. The van der Waals surface area contributed by atoms with Crippen LogP contribution in [0.25, 0.3) is 0 Å². The first-order valence-electron chi connectivity index (χ1n) is 7.89. The molecule has 0 fully saturated rings. The van der Waals surface area contributed by atoms with E-state index in [9.17, 15) is 13.9 Å². The number of carbonyl (C=O) groups excluding carboxylic acids is 1. The van der Waals surface area contributed by atoms with E-state index in [1.165, 1.54) is 51.9 Å². The van der Waals surface area contributed by atoms with Crippen molar-refractivity contribution in [1.82, 2.24) is 0 Å². The molecule has 0 N–H and O–H groups in total. The van der Waals surface area contributed by atoms with Crippen molar-refractivity contribution in [3.05, 3.63) is 0 Å². The van der Waals surface area contributed by atoms with E-state index in [1.54, 1.807) is 0 Å². The Morgan fingerprint density at radius 2 is 1.35 bits per heavy atom. The van der Waals surface area contributed by atoms with E-state index < -0.39 is 19.3 Å². The van der Waals surface area contributed by atoms with Gasteiger partial charge in [-0.2, -0.15) is 0 Å². The molecular weight excluding hydrogens is 275 g/mol. The smallest absolute Gasteiger partial charge is 0.329 e. The van der Waals surface area contributed by atoms with Crippen LogP contribution < -0.4 is 0 Å². The maximum Gasteiger partial charge on any atom is 0.329 e. The minimum Gasteiger partial charge on any atom is -0.465 e. The van der Waals surface area contributed by atoms with Crippen LogP contribution in [-0.4, -0.2) is 18.2 Å². The van der Waals surface area contributed by atoms with Crippen molar-refractivity contribution >= 4 is 13.6 Å². The Kier molecular flexibility index (Phi) is 12.9. The highest BCUT2D eigenvalue weighted by molar-refractivity contribution is 7.33. The molecule has 1 unspecified atom stereocenters. The summed E-state index contributed by atoms with van der Waals surface area (Å²) >= 11 is 0. The second kappa shape index (κ2) is 13.4. The molecule has 0 bridgehead atoms. The van der Waals surface area contributed by atoms with Gasteiger partial charge in [0.05, 0.1) is 6.61 Å². The molecule has 0 aliphatic carbocycles. The van der Waals surface area contributed by atoms with Gasteiger partial charge >= 0.3 is 13.6 Å². The van der Waals surface area contributed by atoms with Crippen LogP contribution in [0.2, 0.25) is 0 Å². The molecular formula is C15H29O4P. The summed E-state index contributed by atoms with van der Waals surface area (Å²) in [6.45, 7) is 3.91. The molecule has 1 atom stereocenters. The highest BCUT2D eigenvalue weighted by Crippen LogP contribution is 2.15. The summed E-state index contributed by atoms with van der Waals surface area (Å²) < 4.78 is 26.1. The Balaban J connectivity index is 3.26. The van der Waals surface area contributed by atoms with E-state index >= 15 is 0 Å². The molecule has 0 heterocycles. The van der Waals surface area contributed by atoms with Gasteiger partial charge in [-0.3, -0.25) is 4.79 Å². The van der Waals surface area contributed by atoms with Gasteiger partial charge in [-0.15, -0.1) is 0 Å². The molecule has 0 saturated carbocycles. The third-order valence-electron chi connectivity index (χ3n) is 3.40. The van der Waals surface area contributed by atoms with Gasteiger partial charge in [0.25, 0.3) is 0 Å². The lowest BCUT2D eigenvalue weighted by Gasteiger charge is -2.05. The zero-order valence-electron chi connectivity index (χ0n) is 12.9. The SMILES string of the molecule is CCCCCCCCCCCCOC(=O)C(C)P(=O)=O. The minimum atomic E-state index is -2.71. The fraction of sp³-hybridized carbons (Fsp3) is 0.933. The highest BCUT2D eigenvalue weighted by atomic mass is 31.1. The van der Waals surface area contributed by atoms with Gasteiger partial charge in [0.15, 0.2) is 5.66 Å². The Bertz CT molecular complexity index is 305. The summed E-state index contributed by atoms with van der Waals surface area (Å²) in [5.41, 5.74) is -1.02. The first-order valence-corrected chi connectivity index (χ1v) is 9.14. The van der Waals surface area contributed by atoms with Crippen LogP contribution in [0, 0.1) is 0 Å². The zero-order valence-corrected chi connectivity index (χ0v) is 13.8. The molecule has 0 saturated heterocycles. The summed E-state index contributed by atoms with van der Waals surface area (Å²) in [5.74, 6) is -0.628. The third-order valence-corrected chi connectivity index (χ3v) is 4.24. The fourth-order valence-electron chi connectivity index (χ4n) is 1.97. The predicted octanol–water partition coefficient (Wildman–Crippen LogP) is 5.01. The van der Waals surface area contributed by atoms with Gasteiger partial charge in [0.1, 0.15) is 0 Å². The molecule has 0 aliphatic rings. The Hall–Kier alpha value is -0.630. The fourth-order valence-corrected chi connectivity index (χ4v) is 2.22. The van der Waals surface area contributed by atoms with E-state index in [4.69, 9.17) is 4.74 Å². The third kappa shape index (κ3) is 11.2. The van der Waals surface area contributed by atoms with Crippen LogP contribution in [0.5, 0.6) is 0 Å². The van der Waals surface area contributed by atoms with Crippen molar-refractivity contribution in [2.75, 3.05) is 6.61 Å². The Morgan fingerprint density at radius 3 is 1.80 bits per heavy atom. The standard InChI is InChI=1S/C15H29O4P/c1-3-4-5-6-7-8-9-10-11-12-13-19-15(16)14(2)20(17)18/h14H,3-13H2,1-2H3. The van der Waals surface area contributed by atoms with E-state index in [2.05, 4.69) is 6.92 Å². The van der Waals surface area contributed by atoms with Crippen LogP contribution in [-0.2, 0) is 18.7 Å². The van der Waals surface area contributed by atoms with Crippen LogP contribution in [0.1, 0.15) is 78.1 Å². The quantitative estimate of drug-likeness (QED) is 0.272. The van der Waals surface area contributed by atoms with Gasteiger partial charge < -0.3 is 4.74 Å². The monoisotopic (exact) mass is 304 g/mol. The van der Waals surface area contributed by atoms with Crippen molar-refractivity contribution in [2.24, 2.45) is 0 Å². The average molecular weight is 304 g/mol. The lowest BCUT2D eigenvalue weighted by molar-refractivity contribution is -0.142. The predicted molar refractivity (Wildman–Crippen MR) is 80.6 cm³/mol. The van der Waals surface area contributed by atoms with E-state index in [1.807, 2.05) is 0 Å². The number of ether oxygens (including phenoxy) is 1. The second-order valence-corrected chi connectivity index (χ2v) is 6.66. The van der Waals surface area contributed by atoms with Crippen molar-refractivity contribution in [2.45, 2.75) is 83.7 Å². The van der Waals surface area contributed by atoms with Gasteiger partial charge in [-0.05, 0) is 13.3 Å². The molecule has 0 aromatic carbocycles.